The van der Waals surface area contributed by atoms with Crippen LogP contribution < -0.4 is 5.32 Å². The van der Waals surface area contributed by atoms with Gasteiger partial charge < -0.3 is 10.2 Å². The molecule has 2 amide bonds. The van der Waals surface area contributed by atoms with Crippen molar-refractivity contribution in [3.8, 4) is 0 Å². The minimum absolute atomic E-state index is 0.0419. The smallest absolute Gasteiger partial charge is 0.243 e. The first-order chi connectivity index (χ1) is 9.86. The highest BCUT2D eigenvalue weighted by molar-refractivity contribution is 6.31. The second-order valence-electron chi connectivity index (χ2n) is 5.54. The molecule has 2 rings (SSSR count). The number of nitrogens with one attached hydrogen (secondary N) is 1. The lowest BCUT2D eigenvalue weighted by molar-refractivity contribution is -0.148. The SMILES string of the molecule is CCC(C)C1C(=O)NCC(=O)N1Cc1c(Cl)c(C)nn1C. The molecule has 21 heavy (non-hydrogen) atoms. The maximum Gasteiger partial charge on any atom is 0.243 e. The fraction of sp³-hybridized carbons (Fsp3) is 0.643. The van der Waals surface area contributed by atoms with E-state index in [0.717, 1.165) is 17.8 Å². The maximum absolute atomic E-state index is 12.2. The standard InChI is InChI=1S/C14H21ClN4O2/c1-5-8(2)13-14(21)16-6-11(20)19(13)7-10-12(15)9(3)17-18(10)4/h8,13H,5-7H2,1-4H3,(H,16,21). The molecule has 1 aliphatic rings. The molecule has 2 heterocycles. The summed E-state index contributed by atoms with van der Waals surface area (Å²) in [5.41, 5.74) is 1.48. The fourth-order valence-corrected chi connectivity index (χ4v) is 2.87. The third kappa shape index (κ3) is 2.90. The first-order valence-electron chi connectivity index (χ1n) is 7.12. The third-order valence-corrected chi connectivity index (χ3v) is 4.59. The van der Waals surface area contributed by atoms with Crippen LogP contribution in [0.5, 0.6) is 0 Å². The summed E-state index contributed by atoms with van der Waals surface area (Å²) in [4.78, 5) is 26.0. The number of rotatable bonds is 4. The number of piperazine rings is 1. The van der Waals surface area contributed by atoms with E-state index < -0.39 is 6.04 Å². The molecule has 0 bridgehead atoms. The average Bonchev–Trinajstić information content (AvgIpc) is 2.68. The van der Waals surface area contributed by atoms with Crippen molar-refractivity contribution >= 4 is 23.4 Å². The van der Waals surface area contributed by atoms with E-state index in [1.54, 1.807) is 16.6 Å². The number of carbonyl (C=O) groups excluding carboxylic acids is 2. The van der Waals surface area contributed by atoms with Gasteiger partial charge in [0.05, 0.1) is 29.5 Å². The van der Waals surface area contributed by atoms with Gasteiger partial charge in [-0.15, -0.1) is 0 Å². The molecule has 0 aromatic carbocycles. The summed E-state index contributed by atoms with van der Waals surface area (Å²) in [6.07, 6.45) is 0.819. The molecule has 1 N–H and O–H groups in total. The van der Waals surface area contributed by atoms with Crippen molar-refractivity contribution in [2.75, 3.05) is 6.54 Å². The van der Waals surface area contributed by atoms with E-state index in [-0.39, 0.29) is 24.3 Å². The van der Waals surface area contributed by atoms with Gasteiger partial charge in [-0.1, -0.05) is 31.9 Å². The second-order valence-corrected chi connectivity index (χ2v) is 5.92. The van der Waals surface area contributed by atoms with Gasteiger partial charge in [-0.25, -0.2) is 0 Å². The Kier molecular flexibility index (Phi) is 4.56. The van der Waals surface area contributed by atoms with Crippen LogP contribution in [0.25, 0.3) is 0 Å². The van der Waals surface area contributed by atoms with Crippen LogP contribution in [-0.4, -0.2) is 39.1 Å². The van der Waals surface area contributed by atoms with E-state index >= 15 is 0 Å². The Balaban J connectivity index is 2.33. The number of aryl methyl sites for hydroxylation is 2. The highest BCUT2D eigenvalue weighted by Gasteiger charge is 2.38. The van der Waals surface area contributed by atoms with Crippen LogP contribution >= 0.6 is 11.6 Å². The molecule has 116 valence electrons. The van der Waals surface area contributed by atoms with Gasteiger partial charge in [-0.2, -0.15) is 5.10 Å². The highest BCUT2D eigenvalue weighted by atomic mass is 35.5. The largest absolute Gasteiger partial charge is 0.345 e. The number of hydrogen-bond acceptors (Lipinski definition) is 3. The quantitative estimate of drug-likeness (QED) is 0.910. The molecule has 1 aromatic rings. The summed E-state index contributed by atoms with van der Waals surface area (Å²) in [6.45, 7) is 6.16. The monoisotopic (exact) mass is 312 g/mol. The van der Waals surface area contributed by atoms with Crippen molar-refractivity contribution < 1.29 is 9.59 Å². The Morgan fingerprint density at radius 3 is 2.67 bits per heavy atom. The molecule has 0 radical (unpaired) electrons. The Morgan fingerprint density at radius 2 is 2.14 bits per heavy atom. The van der Waals surface area contributed by atoms with Crippen molar-refractivity contribution in [1.82, 2.24) is 20.0 Å². The van der Waals surface area contributed by atoms with Crippen molar-refractivity contribution in [3.63, 3.8) is 0 Å². The predicted molar refractivity (Wildman–Crippen MR) is 79.8 cm³/mol. The molecule has 7 heteroatoms. The normalized spacial score (nSPS) is 20.6. The van der Waals surface area contributed by atoms with Gasteiger partial charge in [0.15, 0.2) is 0 Å². The molecule has 1 saturated heterocycles. The molecule has 1 fully saturated rings. The highest BCUT2D eigenvalue weighted by Crippen LogP contribution is 2.25. The van der Waals surface area contributed by atoms with Gasteiger partial charge in [0, 0.05) is 7.05 Å². The molecule has 1 aromatic heterocycles. The molecule has 0 aliphatic carbocycles. The van der Waals surface area contributed by atoms with Crippen LogP contribution in [0.1, 0.15) is 31.7 Å². The topological polar surface area (TPSA) is 67.2 Å². The van der Waals surface area contributed by atoms with Crippen LogP contribution in [0, 0.1) is 12.8 Å². The van der Waals surface area contributed by atoms with Gasteiger partial charge in [-0.3, -0.25) is 14.3 Å². The van der Waals surface area contributed by atoms with Gasteiger partial charge in [0.25, 0.3) is 0 Å². The summed E-state index contributed by atoms with van der Waals surface area (Å²) in [7, 11) is 1.79. The third-order valence-electron chi connectivity index (χ3n) is 4.10. The Bertz CT molecular complexity index is 570. The van der Waals surface area contributed by atoms with Gasteiger partial charge in [0.2, 0.25) is 11.8 Å². The van der Waals surface area contributed by atoms with Crippen molar-refractivity contribution in [1.29, 1.82) is 0 Å². The predicted octanol–water partition coefficient (Wildman–Crippen LogP) is 1.26. The summed E-state index contributed by atoms with van der Waals surface area (Å²) >= 11 is 6.26. The van der Waals surface area contributed by atoms with E-state index in [4.69, 9.17) is 11.6 Å². The number of aromatic nitrogens is 2. The van der Waals surface area contributed by atoms with Gasteiger partial charge >= 0.3 is 0 Å². The number of amides is 2. The zero-order valence-corrected chi connectivity index (χ0v) is 13.6. The molecular formula is C14H21ClN4O2. The molecule has 0 spiro atoms. The summed E-state index contributed by atoms with van der Waals surface area (Å²) in [5.74, 6) is -0.101. The van der Waals surface area contributed by atoms with Crippen LogP contribution in [0.2, 0.25) is 5.02 Å². The van der Waals surface area contributed by atoms with E-state index in [9.17, 15) is 9.59 Å². The fourth-order valence-electron chi connectivity index (χ4n) is 2.65. The van der Waals surface area contributed by atoms with E-state index in [0.29, 0.717) is 11.6 Å². The maximum atomic E-state index is 12.2. The van der Waals surface area contributed by atoms with Crippen LogP contribution in [-0.2, 0) is 23.2 Å². The first kappa shape index (κ1) is 15.8. The van der Waals surface area contributed by atoms with Crippen LogP contribution in [0.15, 0.2) is 0 Å². The zero-order valence-electron chi connectivity index (χ0n) is 12.8. The molecule has 6 nitrogen and oxygen atoms in total. The number of hydrogen-bond donors (Lipinski definition) is 1. The van der Waals surface area contributed by atoms with Crippen molar-refractivity contribution in [2.45, 2.75) is 39.8 Å². The van der Waals surface area contributed by atoms with Crippen molar-refractivity contribution in [3.05, 3.63) is 16.4 Å². The lowest BCUT2D eigenvalue weighted by Gasteiger charge is -2.38. The van der Waals surface area contributed by atoms with Gasteiger partial charge in [-0.05, 0) is 12.8 Å². The van der Waals surface area contributed by atoms with Gasteiger partial charge in [0.1, 0.15) is 6.04 Å². The van der Waals surface area contributed by atoms with Crippen LogP contribution in [0.4, 0.5) is 0 Å². The number of nitrogens with zero attached hydrogens (tertiary/aromatic N) is 3. The number of carbonyl (C=O) groups is 2. The lowest BCUT2D eigenvalue weighted by atomic mass is 9.95. The molecular weight excluding hydrogens is 292 g/mol. The second kappa shape index (κ2) is 6.05. The van der Waals surface area contributed by atoms with E-state index in [1.807, 2.05) is 20.8 Å². The molecule has 2 atom stereocenters. The molecule has 0 saturated carbocycles. The zero-order chi connectivity index (χ0) is 15.7. The van der Waals surface area contributed by atoms with E-state index in [1.165, 1.54) is 0 Å². The first-order valence-corrected chi connectivity index (χ1v) is 7.49. The molecule has 1 aliphatic heterocycles. The Morgan fingerprint density at radius 1 is 1.48 bits per heavy atom. The minimum Gasteiger partial charge on any atom is -0.345 e. The number of halogens is 1. The lowest BCUT2D eigenvalue weighted by Crippen LogP contribution is -2.60. The summed E-state index contributed by atoms with van der Waals surface area (Å²) < 4.78 is 1.67. The average molecular weight is 313 g/mol. The Hall–Kier alpha value is -1.56. The van der Waals surface area contributed by atoms with Crippen molar-refractivity contribution in [2.24, 2.45) is 13.0 Å². The summed E-state index contributed by atoms with van der Waals surface area (Å²) in [6, 6.07) is -0.456. The molecule has 2 unspecified atom stereocenters. The van der Waals surface area contributed by atoms with Crippen LogP contribution in [0.3, 0.4) is 0 Å². The Labute approximate surface area is 129 Å². The minimum atomic E-state index is -0.456. The van der Waals surface area contributed by atoms with E-state index in [2.05, 4.69) is 10.4 Å². The summed E-state index contributed by atoms with van der Waals surface area (Å²) in [5, 5.41) is 7.47.